The van der Waals surface area contributed by atoms with E-state index in [2.05, 4.69) is 37.2 Å². The van der Waals surface area contributed by atoms with E-state index in [0.29, 0.717) is 0 Å². The van der Waals surface area contributed by atoms with Crippen LogP contribution in [0.1, 0.15) is 26.7 Å². The molecule has 0 saturated heterocycles. The lowest BCUT2D eigenvalue weighted by atomic mass is 10.1. The average molecular weight is 429 g/mol. The Morgan fingerprint density at radius 2 is 2.11 bits per heavy atom. The Morgan fingerprint density at radius 1 is 1.47 bits per heavy atom. The van der Waals surface area contributed by atoms with Gasteiger partial charge in [0.25, 0.3) is 0 Å². The largest absolute Gasteiger partial charge is 0.342 e. The zero-order valence-corrected chi connectivity index (χ0v) is 15.5. The van der Waals surface area contributed by atoms with Crippen LogP contribution in [-0.2, 0) is 9.59 Å². The molecule has 1 aliphatic heterocycles. The number of thioether (sulfide) groups is 2. The van der Waals surface area contributed by atoms with Gasteiger partial charge in [-0.3, -0.25) is 9.59 Å². The second-order valence-corrected chi connectivity index (χ2v) is 9.30. The Bertz CT molecular complexity index is 449. The summed E-state index contributed by atoms with van der Waals surface area (Å²) >= 11 is 9.73. The molecule has 2 atom stereocenters. The van der Waals surface area contributed by atoms with E-state index in [0.717, 1.165) is 26.9 Å². The highest BCUT2D eigenvalue weighted by Gasteiger charge is 2.52. The smallest absolute Gasteiger partial charge is 0.234 e. The zero-order valence-electron chi connectivity index (χ0n) is 10.7. The SMILES string of the molecule is CCSC(=O)C1(NC(=O)C2SC(Br)=C(Br)C2C)CC1. The second kappa shape index (κ2) is 6.12. The van der Waals surface area contributed by atoms with Crippen LogP contribution < -0.4 is 5.32 Å². The molecular weight excluding hydrogens is 414 g/mol. The summed E-state index contributed by atoms with van der Waals surface area (Å²) < 4.78 is 2.00. The third kappa shape index (κ3) is 3.24. The van der Waals surface area contributed by atoms with Crippen molar-refractivity contribution in [3.63, 3.8) is 0 Å². The third-order valence-electron chi connectivity index (χ3n) is 3.31. The van der Waals surface area contributed by atoms with Gasteiger partial charge in [0.2, 0.25) is 11.0 Å². The fourth-order valence-corrected chi connectivity index (χ4v) is 5.45. The topological polar surface area (TPSA) is 46.2 Å². The van der Waals surface area contributed by atoms with Crippen LogP contribution in [0.2, 0.25) is 0 Å². The van der Waals surface area contributed by atoms with Gasteiger partial charge < -0.3 is 5.32 Å². The minimum atomic E-state index is -0.584. The molecule has 1 saturated carbocycles. The summed E-state index contributed by atoms with van der Waals surface area (Å²) in [6.07, 6.45) is 1.54. The van der Waals surface area contributed by atoms with Gasteiger partial charge in [0, 0.05) is 10.4 Å². The van der Waals surface area contributed by atoms with Crippen LogP contribution in [-0.4, -0.2) is 27.6 Å². The van der Waals surface area contributed by atoms with Crippen molar-refractivity contribution in [2.75, 3.05) is 5.75 Å². The Balaban J connectivity index is 1.98. The number of rotatable bonds is 4. The summed E-state index contributed by atoms with van der Waals surface area (Å²) in [6, 6.07) is 0. The number of nitrogens with one attached hydrogen (secondary N) is 1. The van der Waals surface area contributed by atoms with Crippen LogP contribution in [0.25, 0.3) is 0 Å². The van der Waals surface area contributed by atoms with Gasteiger partial charge in [-0.25, -0.2) is 0 Å². The summed E-state index contributed by atoms with van der Waals surface area (Å²) in [6.45, 7) is 3.96. The van der Waals surface area contributed by atoms with Gasteiger partial charge in [0.15, 0.2) is 0 Å². The van der Waals surface area contributed by atoms with Crippen molar-refractivity contribution in [2.24, 2.45) is 5.92 Å². The minimum Gasteiger partial charge on any atom is -0.342 e. The number of hydrogen-bond acceptors (Lipinski definition) is 4. The highest BCUT2D eigenvalue weighted by atomic mass is 79.9. The van der Waals surface area contributed by atoms with Gasteiger partial charge in [-0.05, 0) is 34.5 Å². The van der Waals surface area contributed by atoms with Crippen molar-refractivity contribution >= 4 is 66.4 Å². The van der Waals surface area contributed by atoms with Crippen molar-refractivity contribution in [3.8, 4) is 0 Å². The number of carbonyl (C=O) groups excluding carboxylic acids is 2. The molecule has 0 bridgehead atoms. The maximum atomic E-state index is 12.3. The van der Waals surface area contributed by atoms with Crippen molar-refractivity contribution in [1.82, 2.24) is 5.32 Å². The van der Waals surface area contributed by atoms with Crippen molar-refractivity contribution in [2.45, 2.75) is 37.5 Å². The third-order valence-corrected chi connectivity index (χ3v) is 8.45. The predicted octanol–water partition coefficient (Wildman–Crippen LogP) is 3.63. The second-order valence-electron chi connectivity index (χ2n) is 4.74. The van der Waals surface area contributed by atoms with Gasteiger partial charge in [-0.1, -0.05) is 41.5 Å². The molecule has 19 heavy (non-hydrogen) atoms. The number of halogens is 2. The summed E-state index contributed by atoms with van der Waals surface area (Å²) in [5, 5.41) is 2.90. The number of hydrogen-bond donors (Lipinski definition) is 1. The van der Waals surface area contributed by atoms with E-state index >= 15 is 0 Å². The van der Waals surface area contributed by atoms with E-state index in [9.17, 15) is 9.59 Å². The molecule has 0 radical (unpaired) electrons. The first-order valence-corrected chi connectivity index (χ1v) is 9.57. The molecule has 1 N–H and O–H groups in total. The lowest BCUT2D eigenvalue weighted by Gasteiger charge is -2.20. The standard InChI is InChI=1S/C12H15Br2NO2S2/c1-3-18-11(17)12(4-5-12)15-10(16)8-6(2)7(13)9(14)19-8/h6,8H,3-5H2,1-2H3,(H,15,16). The van der Waals surface area contributed by atoms with E-state index < -0.39 is 5.54 Å². The highest BCUT2D eigenvalue weighted by molar-refractivity contribution is 9.15. The summed E-state index contributed by atoms with van der Waals surface area (Å²) in [4.78, 5) is 24.3. The fourth-order valence-electron chi connectivity index (χ4n) is 1.94. The Hall–Kier alpha value is 0.540. The molecule has 0 aromatic heterocycles. The molecule has 1 heterocycles. The monoisotopic (exact) mass is 427 g/mol. The molecule has 0 aromatic carbocycles. The molecule has 2 unspecified atom stereocenters. The molecule has 1 aliphatic carbocycles. The molecule has 7 heteroatoms. The predicted molar refractivity (Wildman–Crippen MR) is 88.7 cm³/mol. The summed E-state index contributed by atoms with van der Waals surface area (Å²) in [7, 11) is 0. The van der Waals surface area contributed by atoms with Crippen LogP contribution >= 0.6 is 55.4 Å². The van der Waals surface area contributed by atoms with Crippen LogP contribution in [0.5, 0.6) is 0 Å². The lowest BCUT2D eigenvalue weighted by molar-refractivity contribution is -0.125. The van der Waals surface area contributed by atoms with Gasteiger partial charge in [0.05, 0.1) is 9.06 Å². The fraction of sp³-hybridized carbons (Fsp3) is 0.667. The number of allylic oxidation sites excluding steroid dienone is 1. The zero-order chi connectivity index (χ0) is 14.2. The van der Waals surface area contributed by atoms with E-state index in [1.54, 1.807) is 0 Å². The van der Waals surface area contributed by atoms with E-state index in [4.69, 9.17) is 0 Å². The Kier molecular flexibility index (Phi) is 5.12. The molecule has 1 amide bonds. The van der Waals surface area contributed by atoms with E-state index in [-0.39, 0.29) is 22.2 Å². The first-order valence-electron chi connectivity index (χ1n) is 6.12. The maximum absolute atomic E-state index is 12.3. The molecule has 1 fully saturated rings. The van der Waals surface area contributed by atoms with Gasteiger partial charge >= 0.3 is 0 Å². The van der Waals surface area contributed by atoms with Crippen molar-refractivity contribution in [1.29, 1.82) is 0 Å². The highest BCUT2D eigenvalue weighted by Crippen LogP contribution is 2.48. The molecular formula is C12H15Br2NO2S2. The molecule has 2 aliphatic rings. The van der Waals surface area contributed by atoms with E-state index in [1.807, 2.05) is 13.8 Å². The molecule has 0 spiro atoms. The summed E-state index contributed by atoms with van der Waals surface area (Å²) in [5.74, 6) is 0.847. The van der Waals surface area contributed by atoms with Crippen molar-refractivity contribution in [3.05, 3.63) is 8.30 Å². The summed E-state index contributed by atoms with van der Waals surface area (Å²) in [5.41, 5.74) is -0.584. The number of amides is 1. The van der Waals surface area contributed by atoms with E-state index in [1.165, 1.54) is 23.5 Å². The molecule has 0 aromatic rings. The molecule has 106 valence electrons. The Morgan fingerprint density at radius 3 is 2.53 bits per heavy atom. The normalized spacial score (nSPS) is 28.4. The first-order chi connectivity index (χ1) is 8.91. The average Bonchev–Trinajstić information content (AvgIpc) is 3.09. The van der Waals surface area contributed by atoms with Crippen molar-refractivity contribution < 1.29 is 9.59 Å². The van der Waals surface area contributed by atoms with Crippen LogP contribution in [0, 0.1) is 5.92 Å². The maximum Gasteiger partial charge on any atom is 0.234 e. The quantitative estimate of drug-likeness (QED) is 0.742. The van der Waals surface area contributed by atoms with Gasteiger partial charge in [-0.15, -0.1) is 11.8 Å². The van der Waals surface area contributed by atoms with Crippen LogP contribution in [0.4, 0.5) is 0 Å². The Labute approximate surface area is 138 Å². The lowest BCUT2D eigenvalue weighted by Crippen LogP contribution is -2.46. The molecule has 3 nitrogen and oxygen atoms in total. The van der Waals surface area contributed by atoms with Crippen LogP contribution in [0.3, 0.4) is 0 Å². The minimum absolute atomic E-state index is 0.0357. The molecule has 2 rings (SSSR count). The first kappa shape index (κ1) is 15.9. The number of carbonyl (C=O) groups is 2. The van der Waals surface area contributed by atoms with Gasteiger partial charge in [0.1, 0.15) is 5.54 Å². The van der Waals surface area contributed by atoms with Crippen LogP contribution in [0.15, 0.2) is 8.30 Å². The van der Waals surface area contributed by atoms with Gasteiger partial charge in [-0.2, -0.15) is 0 Å².